The number of aromatic nitrogens is 2. The molecule has 0 fully saturated rings. The monoisotopic (exact) mass is 373 g/mol. The Bertz CT molecular complexity index is 914. The van der Waals surface area contributed by atoms with Crippen LogP contribution in [-0.2, 0) is 12.7 Å². The predicted molar refractivity (Wildman–Crippen MR) is 99.7 cm³/mol. The smallest absolute Gasteiger partial charge is 0.318 e. The van der Waals surface area contributed by atoms with Crippen molar-refractivity contribution in [3.8, 4) is 5.69 Å². The van der Waals surface area contributed by atoms with Crippen molar-refractivity contribution in [1.29, 1.82) is 0 Å². The van der Waals surface area contributed by atoms with Crippen LogP contribution in [-0.4, -0.2) is 9.55 Å². The van der Waals surface area contributed by atoms with E-state index in [2.05, 4.69) is 10.3 Å². The second-order valence-electron chi connectivity index (χ2n) is 6.64. The van der Waals surface area contributed by atoms with Gasteiger partial charge < -0.3 is 9.88 Å². The van der Waals surface area contributed by atoms with E-state index in [4.69, 9.17) is 0 Å². The molecule has 1 atom stereocenters. The Labute approximate surface area is 156 Å². The van der Waals surface area contributed by atoms with Gasteiger partial charge in [-0.15, -0.1) is 0 Å². The Morgan fingerprint density at radius 1 is 1.07 bits per heavy atom. The zero-order chi connectivity index (χ0) is 19.6. The quantitative estimate of drug-likeness (QED) is 0.653. The van der Waals surface area contributed by atoms with Crippen molar-refractivity contribution in [2.75, 3.05) is 0 Å². The summed E-state index contributed by atoms with van der Waals surface area (Å²) in [7, 11) is 0. The number of benzene rings is 1. The molecule has 3 rings (SSSR count). The molecule has 142 valence electrons. The lowest BCUT2D eigenvalue weighted by molar-refractivity contribution is -0.137. The maximum Gasteiger partial charge on any atom is 0.416 e. The maximum atomic E-state index is 13.0. The molecular weight excluding hydrogens is 351 g/mol. The third-order valence-electron chi connectivity index (χ3n) is 4.70. The van der Waals surface area contributed by atoms with Crippen LogP contribution in [0.4, 0.5) is 13.2 Å². The molecule has 0 bridgehead atoms. The van der Waals surface area contributed by atoms with Crippen molar-refractivity contribution in [3.63, 3.8) is 0 Å². The molecule has 0 aliphatic carbocycles. The first-order valence-corrected chi connectivity index (χ1v) is 8.77. The first kappa shape index (κ1) is 19.2. The van der Waals surface area contributed by atoms with Gasteiger partial charge in [0, 0.05) is 35.9 Å². The molecule has 0 spiro atoms. The van der Waals surface area contributed by atoms with Crippen LogP contribution in [0.15, 0.2) is 54.7 Å². The summed E-state index contributed by atoms with van der Waals surface area (Å²) in [6.45, 7) is 6.47. The highest BCUT2D eigenvalue weighted by atomic mass is 19.4. The number of alkyl halides is 3. The van der Waals surface area contributed by atoms with Crippen LogP contribution < -0.4 is 5.32 Å². The van der Waals surface area contributed by atoms with Crippen LogP contribution >= 0.6 is 0 Å². The molecule has 6 heteroatoms. The fourth-order valence-electron chi connectivity index (χ4n) is 3.23. The summed E-state index contributed by atoms with van der Waals surface area (Å²) < 4.78 is 41.0. The van der Waals surface area contributed by atoms with E-state index in [0.29, 0.717) is 12.2 Å². The molecular formula is C21H22F3N3. The molecule has 3 nitrogen and oxygen atoms in total. The van der Waals surface area contributed by atoms with E-state index in [0.717, 1.165) is 28.7 Å². The van der Waals surface area contributed by atoms with E-state index in [1.807, 2.05) is 49.6 Å². The van der Waals surface area contributed by atoms with E-state index in [-0.39, 0.29) is 6.04 Å². The number of nitrogens with zero attached hydrogens (tertiary/aromatic N) is 2. The van der Waals surface area contributed by atoms with Gasteiger partial charge in [0.2, 0.25) is 0 Å². The number of nitrogens with one attached hydrogen (secondary N) is 1. The first-order valence-electron chi connectivity index (χ1n) is 8.77. The minimum absolute atomic E-state index is 0.0720. The highest BCUT2D eigenvalue weighted by molar-refractivity contribution is 5.43. The number of hydrogen-bond donors (Lipinski definition) is 1. The molecule has 0 amide bonds. The topological polar surface area (TPSA) is 29.9 Å². The molecule has 0 radical (unpaired) electrons. The van der Waals surface area contributed by atoms with E-state index in [1.165, 1.54) is 12.1 Å². The van der Waals surface area contributed by atoms with Crippen LogP contribution in [0, 0.1) is 13.8 Å². The fraction of sp³-hybridized carbons (Fsp3) is 0.286. The minimum Gasteiger partial charge on any atom is -0.318 e. The van der Waals surface area contributed by atoms with Gasteiger partial charge in [-0.2, -0.15) is 13.2 Å². The molecule has 27 heavy (non-hydrogen) atoms. The van der Waals surface area contributed by atoms with Gasteiger partial charge in [0.25, 0.3) is 0 Å². The number of aryl methyl sites for hydroxylation is 1. The van der Waals surface area contributed by atoms with Crippen molar-refractivity contribution in [2.24, 2.45) is 0 Å². The Morgan fingerprint density at radius 3 is 2.52 bits per heavy atom. The van der Waals surface area contributed by atoms with Gasteiger partial charge in [-0.3, -0.25) is 4.98 Å². The summed E-state index contributed by atoms with van der Waals surface area (Å²) in [5.74, 6) is 0. The summed E-state index contributed by atoms with van der Waals surface area (Å²) >= 11 is 0. The highest BCUT2D eigenvalue weighted by Crippen LogP contribution is 2.31. The molecule has 0 aliphatic rings. The van der Waals surface area contributed by atoms with Gasteiger partial charge in [0.1, 0.15) is 0 Å². The second-order valence-corrected chi connectivity index (χ2v) is 6.64. The zero-order valence-corrected chi connectivity index (χ0v) is 15.5. The fourth-order valence-corrected chi connectivity index (χ4v) is 3.23. The molecule has 0 saturated carbocycles. The van der Waals surface area contributed by atoms with E-state index in [1.54, 1.807) is 12.3 Å². The van der Waals surface area contributed by atoms with Crippen LogP contribution in [0.3, 0.4) is 0 Å². The lowest BCUT2D eigenvalue weighted by Gasteiger charge is -2.15. The Balaban J connectivity index is 1.83. The van der Waals surface area contributed by atoms with Crippen LogP contribution in [0.1, 0.15) is 41.2 Å². The SMILES string of the molecule is Cc1cc(CN[C@H](C)c2ccccn2)c(C)n1-c1cccc(C(F)(F)F)c1. The summed E-state index contributed by atoms with van der Waals surface area (Å²) in [6, 6.07) is 13.3. The third kappa shape index (κ3) is 4.22. The van der Waals surface area contributed by atoms with Gasteiger partial charge >= 0.3 is 6.18 Å². The molecule has 3 aromatic rings. The predicted octanol–water partition coefficient (Wildman–Crippen LogP) is 5.36. The van der Waals surface area contributed by atoms with Gasteiger partial charge in [-0.1, -0.05) is 12.1 Å². The first-order chi connectivity index (χ1) is 12.8. The number of hydrogen-bond acceptors (Lipinski definition) is 2. The van der Waals surface area contributed by atoms with Crippen LogP contribution in [0.2, 0.25) is 0 Å². The maximum absolute atomic E-state index is 13.0. The highest BCUT2D eigenvalue weighted by Gasteiger charge is 2.30. The normalized spacial score (nSPS) is 13.0. The van der Waals surface area contributed by atoms with Gasteiger partial charge in [-0.05, 0) is 62.7 Å². The van der Waals surface area contributed by atoms with Crippen molar-refractivity contribution in [2.45, 2.75) is 39.5 Å². The largest absolute Gasteiger partial charge is 0.416 e. The lowest BCUT2D eigenvalue weighted by Crippen LogP contribution is -2.19. The van der Waals surface area contributed by atoms with Gasteiger partial charge in [0.15, 0.2) is 0 Å². The second kappa shape index (κ2) is 7.56. The molecule has 1 aromatic carbocycles. The van der Waals surface area contributed by atoms with Crippen molar-refractivity contribution in [1.82, 2.24) is 14.9 Å². The van der Waals surface area contributed by atoms with Crippen molar-refractivity contribution >= 4 is 0 Å². The Morgan fingerprint density at radius 2 is 1.85 bits per heavy atom. The van der Waals surface area contributed by atoms with Crippen molar-refractivity contribution in [3.05, 3.63) is 82.9 Å². The molecule has 0 saturated heterocycles. The van der Waals surface area contributed by atoms with Crippen LogP contribution in [0.25, 0.3) is 5.69 Å². The average Bonchev–Trinajstić information content (AvgIpc) is 2.93. The molecule has 0 aliphatic heterocycles. The molecule has 2 aromatic heterocycles. The molecule has 1 N–H and O–H groups in total. The van der Waals surface area contributed by atoms with E-state index < -0.39 is 11.7 Å². The summed E-state index contributed by atoms with van der Waals surface area (Å²) in [5.41, 5.74) is 3.69. The summed E-state index contributed by atoms with van der Waals surface area (Å²) in [6.07, 6.45) is -2.60. The Kier molecular flexibility index (Phi) is 5.37. The average molecular weight is 373 g/mol. The lowest BCUT2D eigenvalue weighted by atomic mass is 10.1. The number of halogens is 3. The Hall–Kier alpha value is -2.60. The summed E-state index contributed by atoms with van der Waals surface area (Å²) in [4.78, 5) is 4.34. The standard InChI is InChI=1S/C21H22F3N3/c1-14-11-17(13-26-15(2)20-9-4-5-10-25-20)16(3)27(14)19-8-6-7-18(12-19)21(22,23)24/h4-12,15,26H,13H2,1-3H3/t15-/m1/s1. The van der Waals surface area contributed by atoms with Gasteiger partial charge in [0.05, 0.1) is 11.3 Å². The minimum atomic E-state index is -4.35. The zero-order valence-electron chi connectivity index (χ0n) is 15.5. The molecule has 0 unspecified atom stereocenters. The van der Waals surface area contributed by atoms with E-state index >= 15 is 0 Å². The van der Waals surface area contributed by atoms with Crippen LogP contribution in [0.5, 0.6) is 0 Å². The van der Waals surface area contributed by atoms with Crippen molar-refractivity contribution < 1.29 is 13.2 Å². The summed E-state index contributed by atoms with van der Waals surface area (Å²) in [5, 5.41) is 3.43. The van der Waals surface area contributed by atoms with Gasteiger partial charge in [-0.25, -0.2) is 0 Å². The molecule has 2 heterocycles. The number of pyridine rings is 1. The number of rotatable bonds is 5. The van der Waals surface area contributed by atoms with E-state index in [9.17, 15) is 13.2 Å². The third-order valence-corrected chi connectivity index (χ3v) is 4.70.